The van der Waals surface area contributed by atoms with Gasteiger partial charge in [0.2, 0.25) is 0 Å². The van der Waals surface area contributed by atoms with Gasteiger partial charge in [-0.2, -0.15) is 0 Å². The van der Waals surface area contributed by atoms with Crippen molar-refractivity contribution in [3.63, 3.8) is 0 Å². The third kappa shape index (κ3) is 4.06. The average molecular weight is 467 g/mol. The number of nitrogens with zero attached hydrogens (tertiary/aromatic N) is 3. The molecule has 0 amide bonds. The van der Waals surface area contributed by atoms with Crippen LogP contribution < -0.4 is 5.46 Å². The second-order valence-electron chi connectivity index (χ2n) is 8.40. The first kappa shape index (κ1) is 21.9. The Kier molecular flexibility index (Phi) is 6.23. The first-order valence-corrected chi connectivity index (χ1v) is 13.0. The Hall–Kier alpha value is -1.97. The minimum Gasteiger partial charge on any atom is -0.508 e. The fraction of sp³-hybridized carbons (Fsp3) is 0.478. The van der Waals surface area contributed by atoms with Gasteiger partial charge in [-0.3, -0.25) is 4.90 Å². The Morgan fingerprint density at radius 2 is 2.16 bits per heavy atom. The molecule has 0 spiro atoms. The molecule has 1 saturated carbocycles. The number of thioether (sulfide) groups is 1. The summed E-state index contributed by atoms with van der Waals surface area (Å²) in [7, 11) is 6.28. The van der Waals surface area contributed by atoms with Gasteiger partial charge in [0.05, 0.1) is 12.2 Å². The van der Waals surface area contributed by atoms with Gasteiger partial charge in [0.25, 0.3) is 0 Å². The lowest BCUT2D eigenvalue weighted by Gasteiger charge is -2.18. The molecule has 2 radical (unpaired) electrons. The van der Waals surface area contributed by atoms with Crippen LogP contribution in [-0.4, -0.2) is 53.1 Å². The zero-order valence-electron chi connectivity index (χ0n) is 18.2. The zero-order valence-corrected chi connectivity index (χ0v) is 19.8. The molecular formula is C23H26BN3O3S2. The van der Waals surface area contributed by atoms with Crippen LogP contribution in [-0.2, 0) is 17.0 Å². The normalized spacial score (nSPS) is 16.8. The number of fused-ring (bicyclic) bond motifs is 1. The number of hydrogen-bond acceptors (Lipinski definition) is 7. The monoisotopic (exact) mass is 467 g/mol. The molecule has 2 aliphatic rings. The van der Waals surface area contributed by atoms with E-state index in [1.807, 2.05) is 18.4 Å². The quantitative estimate of drug-likeness (QED) is 0.307. The van der Waals surface area contributed by atoms with E-state index in [0.717, 1.165) is 65.3 Å². The van der Waals surface area contributed by atoms with Crippen LogP contribution >= 0.6 is 23.1 Å². The van der Waals surface area contributed by atoms with Crippen molar-refractivity contribution in [1.82, 2.24) is 14.5 Å². The highest BCUT2D eigenvalue weighted by molar-refractivity contribution is 8.00. The Bertz CT molecular complexity index is 1140. The number of phenolic OH excluding ortho intramolecular Hbond substituents is 1. The Balaban J connectivity index is 1.71. The largest absolute Gasteiger partial charge is 0.508 e. The molecule has 2 aromatic heterocycles. The zero-order chi connectivity index (χ0) is 22.2. The van der Waals surface area contributed by atoms with E-state index in [1.54, 1.807) is 29.3 Å². The van der Waals surface area contributed by atoms with Gasteiger partial charge in [0.1, 0.15) is 17.9 Å². The summed E-state index contributed by atoms with van der Waals surface area (Å²) < 4.78 is 8.76. The number of carbonyl (C=O) groups is 1. The molecule has 0 unspecified atom stereocenters. The van der Waals surface area contributed by atoms with E-state index in [1.165, 1.54) is 0 Å². The number of esters is 1. The lowest BCUT2D eigenvalue weighted by Crippen LogP contribution is -2.20. The summed E-state index contributed by atoms with van der Waals surface area (Å²) in [6.45, 7) is 4.67. The van der Waals surface area contributed by atoms with Crippen LogP contribution in [0.25, 0.3) is 10.9 Å². The highest BCUT2D eigenvalue weighted by Gasteiger charge is 2.34. The molecule has 32 heavy (non-hydrogen) atoms. The predicted molar refractivity (Wildman–Crippen MR) is 129 cm³/mol. The van der Waals surface area contributed by atoms with Crippen molar-refractivity contribution >= 4 is 53.3 Å². The minimum atomic E-state index is -0.335. The first-order chi connectivity index (χ1) is 15.6. The lowest BCUT2D eigenvalue weighted by atomic mass is 9.89. The van der Waals surface area contributed by atoms with Crippen molar-refractivity contribution in [1.29, 1.82) is 0 Å². The fourth-order valence-corrected chi connectivity index (χ4v) is 6.31. The molecule has 5 rings (SSSR count). The van der Waals surface area contributed by atoms with Crippen LogP contribution in [0.15, 0.2) is 22.0 Å². The van der Waals surface area contributed by atoms with Crippen LogP contribution in [0.1, 0.15) is 60.3 Å². The molecule has 3 heterocycles. The van der Waals surface area contributed by atoms with E-state index < -0.39 is 0 Å². The lowest BCUT2D eigenvalue weighted by molar-refractivity contribution is 0.0527. The highest BCUT2D eigenvalue weighted by Crippen LogP contribution is 2.45. The third-order valence-corrected chi connectivity index (χ3v) is 8.19. The molecule has 1 aliphatic heterocycles. The van der Waals surface area contributed by atoms with Crippen LogP contribution in [0.3, 0.4) is 0 Å². The maximum atomic E-state index is 13.3. The maximum Gasteiger partial charge on any atom is 0.340 e. The number of aromatic hydroxyl groups is 1. The van der Waals surface area contributed by atoms with Crippen molar-refractivity contribution in [3.8, 4) is 5.75 Å². The number of ether oxygens (including phenoxy) is 1. The Morgan fingerprint density at radius 3 is 2.81 bits per heavy atom. The molecule has 0 bridgehead atoms. The van der Waals surface area contributed by atoms with E-state index >= 15 is 0 Å². The highest BCUT2D eigenvalue weighted by atomic mass is 32.2. The molecule has 1 N–H and O–H groups in total. The molecule has 1 saturated heterocycles. The van der Waals surface area contributed by atoms with Crippen molar-refractivity contribution in [3.05, 3.63) is 34.5 Å². The molecular weight excluding hydrogens is 441 g/mol. The summed E-state index contributed by atoms with van der Waals surface area (Å²) in [6, 6.07) is 2.17. The van der Waals surface area contributed by atoms with Gasteiger partial charge in [0, 0.05) is 52.1 Å². The molecule has 1 aromatic carbocycles. The van der Waals surface area contributed by atoms with E-state index in [4.69, 9.17) is 12.6 Å². The van der Waals surface area contributed by atoms with Crippen LogP contribution in [0, 0.1) is 0 Å². The van der Waals surface area contributed by atoms with Gasteiger partial charge in [-0.05, 0) is 51.8 Å². The Morgan fingerprint density at radius 1 is 1.38 bits per heavy atom. The van der Waals surface area contributed by atoms with E-state index in [0.29, 0.717) is 36.0 Å². The second kappa shape index (κ2) is 9.12. The van der Waals surface area contributed by atoms with E-state index in [2.05, 4.69) is 14.5 Å². The predicted octanol–water partition coefficient (Wildman–Crippen LogP) is 4.00. The van der Waals surface area contributed by atoms with E-state index in [9.17, 15) is 9.90 Å². The van der Waals surface area contributed by atoms with Gasteiger partial charge in [-0.25, -0.2) is 9.78 Å². The van der Waals surface area contributed by atoms with Crippen LogP contribution in [0.2, 0.25) is 0 Å². The standard InChI is InChI=1S/C23H26BN3O3S2/c1-2-30-22(29)20-18(13-32-23-25-7-10-31-23)27(14-5-6-14)17-11-16(24)21(28)15(19(17)20)12-26-8-3-4-9-26/h7,10-11,14,28H,2-6,8-9,12-13H2,1H3. The molecule has 3 aromatic rings. The summed E-state index contributed by atoms with van der Waals surface area (Å²) in [5, 5.41) is 13.8. The number of aromatic nitrogens is 2. The van der Waals surface area contributed by atoms with Gasteiger partial charge < -0.3 is 14.4 Å². The SMILES string of the molecule is [B]c1cc2c(c(CN3CCCC3)c1O)c(C(=O)OCC)c(CSc1nccs1)n2C1CC1. The second-order valence-corrected chi connectivity index (χ2v) is 10.5. The molecule has 2 fully saturated rings. The minimum absolute atomic E-state index is 0.0852. The summed E-state index contributed by atoms with van der Waals surface area (Å²) in [5.41, 5.74) is 3.54. The van der Waals surface area contributed by atoms with Gasteiger partial charge >= 0.3 is 5.97 Å². The summed E-state index contributed by atoms with van der Waals surface area (Å²) in [6.07, 6.45) is 6.24. The van der Waals surface area contributed by atoms with Gasteiger partial charge in [-0.15, -0.1) is 11.3 Å². The van der Waals surface area contributed by atoms with Crippen molar-refractivity contribution in [2.24, 2.45) is 0 Å². The maximum absolute atomic E-state index is 13.3. The number of thiazole rings is 1. The number of carbonyl (C=O) groups excluding carboxylic acids is 1. The fourth-order valence-electron chi connectivity index (χ4n) is 4.66. The molecule has 166 valence electrons. The topological polar surface area (TPSA) is 67.6 Å². The number of hydrogen-bond donors (Lipinski definition) is 1. The van der Waals surface area contributed by atoms with E-state index in [-0.39, 0.29) is 11.7 Å². The summed E-state index contributed by atoms with van der Waals surface area (Å²) >= 11 is 3.22. The van der Waals surface area contributed by atoms with Crippen molar-refractivity contribution in [2.45, 2.75) is 55.3 Å². The number of benzene rings is 1. The van der Waals surface area contributed by atoms with Crippen molar-refractivity contribution < 1.29 is 14.6 Å². The van der Waals surface area contributed by atoms with Gasteiger partial charge in [0.15, 0.2) is 0 Å². The summed E-state index contributed by atoms with van der Waals surface area (Å²) in [4.78, 5) is 20.0. The number of rotatable bonds is 8. The van der Waals surface area contributed by atoms with Crippen LogP contribution in [0.4, 0.5) is 0 Å². The van der Waals surface area contributed by atoms with Gasteiger partial charge in [-0.1, -0.05) is 17.2 Å². The first-order valence-electron chi connectivity index (χ1n) is 11.2. The third-order valence-electron chi connectivity index (χ3n) is 6.21. The van der Waals surface area contributed by atoms with Crippen molar-refractivity contribution in [2.75, 3.05) is 19.7 Å². The average Bonchev–Trinajstić information content (AvgIpc) is 3.17. The van der Waals surface area contributed by atoms with Crippen LogP contribution in [0.5, 0.6) is 5.75 Å². The number of phenols is 1. The smallest absolute Gasteiger partial charge is 0.340 e. The molecule has 0 atom stereocenters. The molecule has 9 heteroatoms. The summed E-state index contributed by atoms with van der Waals surface area (Å²) in [5.74, 6) is 0.358. The molecule has 1 aliphatic carbocycles. The number of likely N-dealkylation sites (tertiary alicyclic amines) is 1. The molecule has 6 nitrogen and oxygen atoms in total. The Labute approximate surface area is 197 Å².